The number of halogens is 3. The summed E-state index contributed by atoms with van der Waals surface area (Å²) < 4.78 is 36.1. The van der Waals surface area contributed by atoms with Gasteiger partial charge in [-0.3, -0.25) is 5.84 Å². The summed E-state index contributed by atoms with van der Waals surface area (Å²) in [7, 11) is 0. The van der Waals surface area contributed by atoms with Gasteiger partial charge in [0.05, 0.1) is 5.92 Å². The monoisotopic (exact) mass is 169 g/mol. The minimum absolute atomic E-state index is 0.115. The molecule has 4 N–H and O–H groups in total. The third kappa shape index (κ3) is 1.82. The highest BCUT2D eigenvalue weighted by Crippen LogP contribution is 2.31. The Morgan fingerprint density at radius 1 is 1.27 bits per heavy atom. The van der Waals surface area contributed by atoms with Gasteiger partial charge < -0.3 is 5.73 Å². The fourth-order valence-electron chi connectivity index (χ4n) is 1.21. The van der Waals surface area contributed by atoms with Crippen LogP contribution in [0.25, 0.3) is 0 Å². The van der Waals surface area contributed by atoms with Crippen LogP contribution >= 0.6 is 0 Å². The highest BCUT2D eigenvalue weighted by Gasteiger charge is 2.47. The Balaban J connectivity index is 2.60. The standard InChI is InChI=1S/C5H10F3N3/c6-5(7,8)3-1-11(10)2-4(3)9/h3-4H,1-2,9-10H2. The van der Waals surface area contributed by atoms with Crippen molar-refractivity contribution >= 4 is 0 Å². The molecular formula is C5H10F3N3. The number of hydrogen-bond acceptors (Lipinski definition) is 3. The lowest BCUT2D eigenvalue weighted by Gasteiger charge is -2.17. The fourth-order valence-corrected chi connectivity index (χ4v) is 1.21. The molecule has 0 amide bonds. The fraction of sp³-hybridized carbons (Fsp3) is 1.00. The van der Waals surface area contributed by atoms with Gasteiger partial charge in [-0.05, 0) is 0 Å². The average Bonchev–Trinajstić information content (AvgIpc) is 2.08. The second-order valence-corrected chi connectivity index (χ2v) is 2.77. The van der Waals surface area contributed by atoms with Crippen molar-refractivity contribution in [1.82, 2.24) is 5.01 Å². The van der Waals surface area contributed by atoms with Crippen LogP contribution in [0.2, 0.25) is 0 Å². The van der Waals surface area contributed by atoms with Crippen molar-refractivity contribution < 1.29 is 13.2 Å². The molecule has 0 bridgehead atoms. The van der Waals surface area contributed by atoms with Gasteiger partial charge >= 0.3 is 6.18 Å². The Labute approximate surface area is 62.1 Å². The molecule has 1 aliphatic heterocycles. The van der Waals surface area contributed by atoms with Gasteiger partial charge in [0.2, 0.25) is 0 Å². The van der Waals surface area contributed by atoms with E-state index >= 15 is 0 Å². The first-order valence-corrected chi connectivity index (χ1v) is 3.23. The van der Waals surface area contributed by atoms with Crippen molar-refractivity contribution in [2.24, 2.45) is 17.5 Å². The third-order valence-corrected chi connectivity index (χ3v) is 1.81. The lowest BCUT2D eigenvalue weighted by Crippen LogP contribution is -2.38. The summed E-state index contributed by atoms with van der Waals surface area (Å²) in [4.78, 5) is 0. The molecule has 1 saturated heterocycles. The summed E-state index contributed by atoms with van der Waals surface area (Å²) in [6, 6.07) is -0.875. The quantitative estimate of drug-likeness (QED) is 0.489. The van der Waals surface area contributed by atoms with Crippen molar-refractivity contribution in [2.75, 3.05) is 13.1 Å². The van der Waals surface area contributed by atoms with Crippen molar-refractivity contribution in [1.29, 1.82) is 0 Å². The second-order valence-electron chi connectivity index (χ2n) is 2.77. The zero-order valence-electron chi connectivity index (χ0n) is 5.80. The maximum Gasteiger partial charge on any atom is 0.394 e. The summed E-state index contributed by atoms with van der Waals surface area (Å²) in [5, 5.41) is 1.10. The van der Waals surface area contributed by atoms with Crippen molar-refractivity contribution in [2.45, 2.75) is 12.2 Å². The minimum Gasteiger partial charge on any atom is -0.326 e. The molecule has 1 rings (SSSR count). The molecule has 1 fully saturated rings. The Kier molecular flexibility index (Phi) is 2.08. The topological polar surface area (TPSA) is 55.3 Å². The van der Waals surface area contributed by atoms with Gasteiger partial charge in [0.25, 0.3) is 0 Å². The van der Waals surface area contributed by atoms with E-state index in [9.17, 15) is 13.2 Å². The largest absolute Gasteiger partial charge is 0.394 e. The van der Waals surface area contributed by atoms with E-state index in [0.29, 0.717) is 0 Å². The number of nitrogens with two attached hydrogens (primary N) is 2. The number of hydrazine groups is 1. The first-order valence-electron chi connectivity index (χ1n) is 3.23. The molecule has 66 valence electrons. The van der Waals surface area contributed by atoms with E-state index in [1.165, 1.54) is 0 Å². The molecule has 6 heteroatoms. The van der Waals surface area contributed by atoms with Gasteiger partial charge in [0.1, 0.15) is 0 Å². The molecule has 1 heterocycles. The van der Waals surface area contributed by atoms with Crippen LogP contribution in [-0.2, 0) is 0 Å². The smallest absolute Gasteiger partial charge is 0.326 e. The maximum atomic E-state index is 12.0. The lowest BCUT2D eigenvalue weighted by atomic mass is 10.1. The molecule has 0 spiro atoms. The third-order valence-electron chi connectivity index (χ3n) is 1.81. The van der Waals surface area contributed by atoms with Crippen LogP contribution in [0.5, 0.6) is 0 Å². The number of alkyl halides is 3. The normalized spacial score (nSPS) is 34.6. The molecule has 0 aliphatic carbocycles. The number of rotatable bonds is 0. The molecule has 11 heavy (non-hydrogen) atoms. The van der Waals surface area contributed by atoms with Crippen molar-refractivity contribution in [3.8, 4) is 0 Å². The van der Waals surface area contributed by atoms with Gasteiger partial charge in [-0.15, -0.1) is 0 Å². The molecule has 0 aromatic rings. The van der Waals surface area contributed by atoms with E-state index < -0.39 is 18.1 Å². The lowest BCUT2D eigenvalue weighted by molar-refractivity contribution is -0.173. The predicted molar refractivity (Wildman–Crippen MR) is 33.3 cm³/mol. The Morgan fingerprint density at radius 3 is 2.00 bits per heavy atom. The first kappa shape index (κ1) is 8.76. The van der Waals surface area contributed by atoms with Crippen LogP contribution < -0.4 is 11.6 Å². The van der Waals surface area contributed by atoms with E-state index in [1.54, 1.807) is 0 Å². The van der Waals surface area contributed by atoms with Crippen LogP contribution in [-0.4, -0.2) is 30.3 Å². The molecule has 0 radical (unpaired) electrons. The molecule has 0 saturated carbocycles. The highest BCUT2D eigenvalue weighted by atomic mass is 19.4. The summed E-state index contributed by atoms with van der Waals surface area (Å²) >= 11 is 0. The Bertz CT molecular complexity index is 146. The van der Waals surface area contributed by atoms with Crippen molar-refractivity contribution in [3.05, 3.63) is 0 Å². The SMILES string of the molecule is NC1CN(N)CC1C(F)(F)F. The van der Waals surface area contributed by atoms with E-state index in [2.05, 4.69) is 0 Å². The van der Waals surface area contributed by atoms with E-state index in [0.717, 1.165) is 5.01 Å². The van der Waals surface area contributed by atoms with E-state index in [4.69, 9.17) is 11.6 Å². The molecule has 0 aromatic heterocycles. The zero-order chi connectivity index (χ0) is 8.65. The van der Waals surface area contributed by atoms with Crippen molar-refractivity contribution in [3.63, 3.8) is 0 Å². The molecule has 1 aliphatic rings. The van der Waals surface area contributed by atoms with Gasteiger partial charge in [-0.2, -0.15) is 13.2 Å². The predicted octanol–water partition coefficient (Wildman–Crippen LogP) is -0.319. The summed E-state index contributed by atoms with van der Waals surface area (Å²) in [5.74, 6) is 3.70. The molecule has 2 unspecified atom stereocenters. The van der Waals surface area contributed by atoms with E-state index in [1.807, 2.05) is 0 Å². The molecule has 0 aromatic carbocycles. The van der Waals surface area contributed by atoms with Crippen LogP contribution in [0.4, 0.5) is 13.2 Å². The Morgan fingerprint density at radius 2 is 1.82 bits per heavy atom. The highest BCUT2D eigenvalue weighted by molar-refractivity contribution is 4.88. The number of hydrogen-bond donors (Lipinski definition) is 2. The first-order chi connectivity index (χ1) is 4.91. The summed E-state index contributed by atoms with van der Waals surface area (Å²) in [6.45, 7) is -0.0746. The zero-order valence-corrected chi connectivity index (χ0v) is 5.80. The molecular weight excluding hydrogens is 159 g/mol. The van der Waals surface area contributed by atoms with Gasteiger partial charge in [-0.1, -0.05) is 0 Å². The van der Waals surface area contributed by atoms with Gasteiger partial charge in [0, 0.05) is 19.1 Å². The van der Waals surface area contributed by atoms with Crippen LogP contribution in [0, 0.1) is 5.92 Å². The Hall–Kier alpha value is -0.330. The number of nitrogens with zero attached hydrogens (tertiary/aromatic N) is 1. The van der Waals surface area contributed by atoms with Crippen LogP contribution in [0.1, 0.15) is 0 Å². The van der Waals surface area contributed by atoms with Gasteiger partial charge in [0.15, 0.2) is 0 Å². The second kappa shape index (κ2) is 2.62. The average molecular weight is 169 g/mol. The molecule has 2 atom stereocenters. The summed E-state index contributed by atoms with van der Waals surface area (Å²) in [6.07, 6.45) is -4.21. The van der Waals surface area contributed by atoms with Crippen LogP contribution in [0.15, 0.2) is 0 Å². The maximum absolute atomic E-state index is 12.0. The summed E-state index contributed by atoms with van der Waals surface area (Å²) in [5.41, 5.74) is 5.21. The van der Waals surface area contributed by atoms with Crippen LogP contribution in [0.3, 0.4) is 0 Å². The van der Waals surface area contributed by atoms with Gasteiger partial charge in [-0.25, -0.2) is 5.01 Å². The minimum atomic E-state index is -4.21. The van der Waals surface area contributed by atoms with E-state index in [-0.39, 0.29) is 13.1 Å². The molecule has 3 nitrogen and oxygen atoms in total.